The van der Waals surface area contributed by atoms with Gasteiger partial charge in [0.25, 0.3) is 5.91 Å². The van der Waals surface area contributed by atoms with E-state index >= 15 is 0 Å². The zero-order valence-corrected chi connectivity index (χ0v) is 13.7. The van der Waals surface area contributed by atoms with Crippen molar-refractivity contribution in [3.05, 3.63) is 65.4 Å². The molecular formula is C19H20N2O3. The number of carbonyl (C=O) groups excluding carboxylic acids is 1. The summed E-state index contributed by atoms with van der Waals surface area (Å²) in [7, 11) is 1.59. The van der Waals surface area contributed by atoms with Crippen LogP contribution in [0.25, 0.3) is 10.9 Å². The van der Waals surface area contributed by atoms with Gasteiger partial charge in [0.1, 0.15) is 5.75 Å². The molecule has 0 aliphatic heterocycles. The number of para-hydroxylation sites is 1. The molecule has 0 spiro atoms. The van der Waals surface area contributed by atoms with E-state index in [2.05, 4.69) is 10.3 Å². The summed E-state index contributed by atoms with van der Waals surface area (Å²) < 4.78 is 5.10. The van der Waals surface area contributed by atoms with Crippen LogP contribution in [0.3, 0.4) is 0 Å². The number of benzene rings is 2. The largest absolute Gasteiger partial charge is 0.497 e. The number of aliphatic hydroxyl groups excluding tert-OH is 1. The van der Waals surface area contributed by atoms with E-state index in [9.17, 15) is 9.90 Å². The quantitative estimate of drug-likeness (QED) is 0.675. The highest BCUT2D eigenvalue weighted by Crippen LogP contribution is 2.22. The fourth-order valence-corrected chi connectivity index (χ4v) is 2.79. The zero-order valence-electron chi connectivity index (χ0n) is 13.7. The lowest BCUT2D eigenvalue weighted by atomic mass is 10.1. The van der Waals surface area contributed by atoms with Crippen molar-refractivity contribution in [1.82, 2.24) is 10.3 Å². The lowest BCUT2D eigenvalue weighted by Crippen LogP contribution is -2.28. The van der Waals surface area contributed by atoms with E-state index in [-0.39, 0.29) is 12.5 Å². The molecule has 3 N–H and O–H groups in total. The molecule has 0 fully saturated rings. The van der Waals surface area contributed by atoms with Gasteiger partial charge in [0.15, 0.2) is 0 Å². The number of aromatic nitrogens is 1. The SMILES string of the molecule is COc1ccc(C(O)CNC(=O)c2c(C)[nH]c3ccccc23)cc1. The van der Waals surface area contributed by atoms with E-state index in [1.807, 2.05) is 31.2 Å². The Morgan fingerprint density at radius 1 is 1.21 bits per heavy atom. The molecule has 0 radical (unpaired) electrons. The lowest BCUT2D eigenvalue weighted by molar-refractivity contribution is 0.0917. The summed E-state index contributed by atoms with van der Waals surface area (Å²) in [6, 6.07) is 14.8. The molecule has 1 atom stereocenters. The van der Waals surface area contributed by atoms with Crippen LogP contribution in [-0.4, -0.2) is 29.7 Å². The van der Waals surface area contributed by atoms with Gasteiger partial charge in [-0.3, -0.25) is 4.79 Å². The number of methoxy groups -OCH3 is 1. The second-order valence-corrected chi connectivity index (χ2v) is 5.67. The van der Waals surface area contributed by atoms with Crippen LogP contribution in [0.1, 0.15) is 27.7 Å². The highest BCUT2D eigenvalue weighted by molar-refractivity contribution is 6.08. The topological polar surface area (TPSA) is 74.3 Å². The molecule has 0 bridgehead atoms. The minimum absolute atomic E-state index is 0.143. The predicted molar refractivity (Wildman–Crippen MR) is 93.3 cm³/mol. The van der Waals surface area contributed by atoms with Gasteiger partial charge in [-0.25, -0.2) is 0 Å². The molecule has 0 saturated carbocycles. The Morgan fingerprint density at radius 2 is 1.92 bits per heavy atom. The molecule has 5 heteroatoms. The number of aliphatic hydroxyl groups is 1. The van der Waals surface area contributed by atoms with Gasteiger partial charge in [0.2, 0.25) is 0 Å². The van der Waals surface area contributed by atoms with Gasteiger partial charge in [-0.1, -0.05) is 30.3 Å². The third kappa shape index (κ3) is 3.12. The standard InChI is InChI=1S/C19H20N2O3/c1-12-18(15-5-3-4-6-16(15)21-12)19(23)20-11-17(22)13-7-9-14(24-2)10-8-13/h3-10,17,21-22H,11H2,1-2H3,(H,20,23). The Balaban J connectivity index is 1.71. The molecule has 5 nitrogen and oxygen atoms in total. The third-order valence-electron chi connectivity index (χ3n) is 4.08. The highest BCUT2D eigenvalue weighted by atomic mass is 16.5. The molecule has 0 aliphatic carbocycles. The van der Waals surface area contributed by atoms with Crippen molar-refractivity contribution in [2.75, 3.05) is 13.7 Å². The van der Waals surface area contributed by atoms with Crippen molar-refractivity contribution >= 4 is 16.8 Å². The maximum Gasteiger partial charge on any atom is 0.253 e. The molecule has 1 amide bonds. The smallest absolute Gasteiger partial charge is 0.253 e. The fraction of sp³-hybridized carbons (Fsp3) is 0.211. The average Bonchev–Trinajstić information content (AvgIpc) is 2.95. The number of fused-ring (bicyclic) bond motifs is 1. The molecule has 0 saturated heterocycles. The van der Waals surface area contributed by atoms with Crippen LogP contribution < -0.4 is 10.1 Å². The normalized spacial score (nSPS) is 12.1. The van der Waals surface area contributed by atoms with Crippen LogP contribution in [0.2, 0.25) is 0 Å². The van der Waals surface area contributed by atoms with Crippen molar-refractivity contribution in [3.63, 3.8) is 0 Å². The van der Waals surface area contributed by atoms with Gasteiger partial charge in [0.05, 0.1) is 18.8 Å². The van der Waals surface area contributed by atoms with Crippen molar-refractivity contribution in [2.24, 2.45) is 0 Å². The number of carbonyl (C=O) groups is 1. The summed E-state index contributed by atoms with van der Waals surface area (Å²) in [6.45, 7) is 2.01. The molecule has 1 heterocycles. The second kappa shape index (κ2) is 6.76. The van der Waals surface area contributed by atoms with Gasteiger partial charge in [-0.15, -0.1) is 0 Å². The monoisotopic (exact) mass is 324 g/mol. The van der Waals surface area contributed by atoms with Crippen LogP contribution >= 0.6 is 0 Å². The van der Waals surface area contributed by atoms with Crippen molar-refractivity contribution < 1.29 is 14.6 Å². The maximum atomic E-state index is 12.5. The first-order valence-corrected chi connectivity index (χ1v) is 7.77. The summed E-state index contributed by atoms with van der Waals surface area (Å²) in [5.74, 6) is 0.530. The summed E-state index contributed by atoms with van der Waals surface area (Å²) in [5.41, 5.74) is 3.09. The molecule has 3 aromatic rings. The molecule has 2 aromatic carbocycles. The molecule has 24 heavy (non-hydrogen) atoms. The Morgan fingerprint density at radius 3 is 2.62 bits per heavy atom. The Kier molecular flexibility index (Phi) is 4.53. The van der Waals surface area contributed by atoms with Crippen LogP contribution in [0, 0.1) is 6.92 Å². The minimum atomic E-state index is -0.773. The molecule has 0 aliphatic rings. The van der Waals surface area contributed by atoms with E-state index in [4.69, 9.17) is 4.74 Å². The number of H-pyrrole nitrogens is 1. The number of amides is 1. The first kappa shape index (κ1) is 16.1. The Hall–Kier alpha value is -2.79. The first-order chi connectivity index (χ1) is 11.6. The average molecular weight is 324 g/mol. The highest BCUT2D eigenvalue weighted by Gasteiger charge is 2.17. The van der Waals surface area contributed by atoms with Crippen molar-refractivity contribution in [1.29, 1.82) is 0 Å². The third-order valence-corrected chi connectivity index (χ3v) is 4.08. The number of aryl methyl sites for hydroxylation is 1. The van der Waals surface area contributed by atoms with E-state index in [0.29, 0.717) is 5.56 Å². The maximum absolute atomic E-state index is 12.5. The van der Waals surface area contributed by atoms with Crippen molar-refractivity contribution in [3.8, 4) is 5.75 Å². The number of hydrogen-bond acceptors (Lipinski definition) is 3. The van der Waals surface area contributed by atoms with Crippen molar-refractivity contribution in [2.45, 2.75) is 13.0 Å². The lowest BCUT2D eigenvalue weighted by Gasteiger charge is -2.13. The number of nitrogens with one attached hydrogen (secondary N) is 2. The molecule has 124 valence electrons. The van der Waals surface area contributed by atoms with Crippen LogP contribution in [0.4, 0.5) is 0 Å². The van der Waals surface area contributed by atoms with Gasteiger partial charge < -0.3 is 20.1 Å². The predicted octanol–water partition coefficient (Wildman–Crippen LogP) is 2.95. The summed E-state index contributed by atoms with van der Waals surface area (Å²) in [5, 5.41) is 13.9. The van der Waals surface area contributed by atoms with Gasteiger partial charge in [-0.2, -0.15) is 0 Å². The van der Waals surface area contributed by atoms with E-state index in [0.717, 1.165) is 27.9 Å². The molecule has 1 unspecified atom stereocenters. The Labute approximate surface area is 140 Å². The number of rotatable bonds is 5. The Bertz CT molecular complexity index is 853. The van der Waals surface area contributed by atoms with Gasteiger partial charge >= 0.3 is 0 Å². The number of aromatic amines is 1. The minimum Gasteiger partial charge on any atom is -0.497 e. The molecule has 1 aromatic heterocycles. The molecular weight excluding hydrogens is 304 g/mol. The summed E-state index contributed by atoms with van der Waals surface area (Å²) >= 11 is 0. The fourth-order valence-electron chi connectivity index (χ4n) is 2.79. The summed E-state index contributed by atoms with van der Waals surface area (Å²) in [4.78, 5) is 15.7. The number of ether oxygens (including phenoxy) is 1. The van der Waals surface area contributed by atoms with Gasteiger partial charge in [0, 0.05) is 23.1 Å². The van der Waals surface area contributed by atoms with Gasteiger partial charge in [-0.05, 0) is 30.7 Å². The van der Waals surface area contributed by atoms with Crippen LogP contribution in [-0.2, 0) is 0 Å². The van der Waals surface area contributed by atoms with E-state index < -0.39 is 6.10 Å². The van der Waals surface area contributed by atoms with E-state index in [1.165, 1.54) is 0 Å². The van der Waals surface area contributed by atoms with E-state index in [1.54, 1.807) is 31.4 Å². The molecule has 3 rings (SSSR count). The summed E-state index contributed by atoms with van der Waals surface area (Å²) in [6.07, 6.45) is -0.773. The second-order valence-electron chi connectivity index (χ2n) is 5.67. The zero-order chi connectivity index (χ0) is 17.1. The van der Waals surface area contributed by atoms with Crippen LogP contribution in [0.5, 0.6) is 5.75 Å². The van der Waals surface area contributed by atoms with Crippen LogP contribution in [0.15, 0.2) is 48.5 Å². The first-order valence-electron chi connectivity index (χ1n) is 7.77. The number of hydrogen-bond donors (Lipinski definition) is 3.